The number of aryl methyl sites for hydroxylation is 2. The van der Waals surface area contributed by atoms with Gasteiger partial charge >= 0.3 is 0 Å². The summed E-state index contributed by atoms with van der Waals surface area (Å²) in [5, 5.41) is 8.30. The van der Waals surface area contributed by atoms with Gasteiger partial charge in [0.05, 0.1) is 24.1 Å². The van der Waals surface area contributed by atoms with Crippen molar-refractivity contribution in [2.45, 2.75) is 51.7 Å². The average Bonchev–Trinajstić information content (AvgIpc) is 3.14. The second-order valence-electron chi connectivity index (χ2n) is 6.92. The molecule has 4 rings (SSSR count). The van der Waals surface area contributed by atoms with E-state index in [1.807, 2.05) is 6.07 Å². The number of nitrogens with zero attached hydrogens (tertiary/aromatic N) is 5. The van der Waals surface area contributed by atoms with Crippen molar-refractivity contribution >= 4 is 11.0 Å². The summed E-state index contributed by atoms with van der Waals surface area (Å²) >= 11 is 0. The maximum Gasteiger partial charge on any atom is 0.153 e. The van der Waals surface area contributed by atoms with Crippen LogP contribution >= 0.6 is 0 Å². The molecule has 1 aromatic carbocycles. The molecule has 6 heteroatoms. The van der Waals surface area contributed by atoms with Gasteiger partial charge in [-0.25, -0.2) is 14.6 Å². The van der Waals surface area contributed by atoms with E-state index in [-0.39, 0.29) is 0 Å². The van der Waals surface area contributed by atoms with Crippen molar-refractivity contribution in [3.8, 4) is 0 Å². The molecule has 6 nitrogen and oxygen atoms in total. The molecule has 1 N–H and O–H groups in total. The monoisotopic (exact) mass is 324 g/mol. The maximum absolute atomic E-state index is 4.73. The van der Waals surface area contributed by atoms with Crippen LogP contribution in [0.3, 0.4) is 0 Å². The van der Waals surface area contributed by atoms with Gasteiger partial charge in [-0.15, -0.1) is 0 Å². The number of fused-ring (bicyclic) bond motifs is 2. The van der Waals surface area contributed by atoms with Crippen LogP contribution in [0.15, 0.2) is 24.3 Å². The number of nitrogens with one attached hydrogen (secondary N) is 1. The zero-order valence-electron chi connectivity index (χ0n) is 14.5. The zero-order chi connectivity index (χ0) is 16.7. The van der Waals surface area contributed by atoms with Gasteiger partial charge in [-0.1, -0.05) is 26.0 Å². The lowest BCUT2D eigenvalue weighted by molar-refractivity contribution is 0.353. The molecule has 0 aliphatic carbocycles. The lowest BCUT2D eigenvalue weighted by Crippen LogP contribution is -2.37. The highest BCUT2D eigenvalue weighted by atomic mass is 15.4. The summed E-state index contributed by atoms with van der Waals surface area (Å²) in [6.45, 7) is 5.95. The van der Waals surface area contributed by atoms with Crippen LogP contribution in [0.1, 0.15) is 43.7 Å². The minimum Gasteiger partial charge on any atom is -0.330 e. The van der Waals surface area contributed by atoms with Crippen molar-refractivity contribution < 1.29 is 0 Å². The zero-order valence-corrected chi connectivity index (χ0v) is 14.5. The van der Waals surface area contributed by atoms with Crippen LogP contribution in [0.4, 0.5) is 0 Å². The fourth-order valence-electron chi connectivity index (χ4n) is 3.33. The Kier molecular flexibility index (Phi) is 3.84. The Labute approximate surface area is 141 Å². The van der Waals surface area contributed by atoms with E-state index in [1.54, 1.807) is 0 Å². The summed E-state index contributed by atoms with van der Waals surface area (Å²) in [7, 11) is 2.08. The lowest BCUT2D eigenvalue weighted by Gasteiger charge is -2.23. The standard InChI is InChI=1S/C18H24N6/c1-12(2)18-21-16-9-8-13(11-24(16)22-18)19-10-17-20-14-6-4-5-7-15(14)23(17)3/h4-7,12-13,19H,8-11H2,1-3H3/t13-/m1/s1. The van der Waals surface area contributed by atoms with Crippen LogP contribution in [0, 0.1) is 0 Å². The fraction of sp³-hybridized carbons (Fsp3) is 0.500. The van der Waals surface area contributed by atoms with Crippen molar-refractivity contribution in [3.63, 3.8) is 0 Å². The Balaban J connectivity index is 1.45. The van der Waals surface area contributed by atoms with Crippen molar-refractivity contribution in [3.05, 3.63) is 41.7 Å². The molecule has 0 amide bonds. The third-order valence-corrected chi connectivity index (χ3v) is 4.82. The first-order chi connectivity index (χ1) is 11.6. The van der Waals surface area contributed by atoms with E-state index >= 15 is 0 Å². The van der Waals surface area contributed by atoms with Gasteiger partial charge < -0.3 is 9.88 Å². The summed E-state index contributed by atoms with van der Waals surface area (Å²) in [5.74, 6) is 3.54. The molecule has 0 radical (unpaired) electrons. The van der Waals surface area contributed by atoms with E-state index < -0.39 is 0 Å². The molecule has 1 aliphatic rings. The smallest absolute Gasteiger partial charge is 0.153 e. The summed E-state index contributed by atoms with van der Waals surface area (Å²) in [4.78, 5) is 9.39. The number of hydrogen-bond acceptors (Lipinski definition) is 4. The van der Waals surface area contributed by atoms with Gasteiger partial charge in [-0.3, -0.25) is 0 Å². The number of hydrogen-bond donors (Lipinski definition) is 1. The number of aromatic nitrogens is 5. The highest BCUT2D eigenvalue weighted by Gasteiger charge is 2.22. The molecule has 0 saturated heterocycles. The third-order valence-electron chi connectivity index (χ3n) is 4.82. The van der Waals surface area contributed by atoms with Gasteiger partial charge in [-0.2, -0.15) is 5.10 Å². The highest BCUT2D eigenvalue weighted by molar-refractivity contribution is 5.75. The third kappa shape index (κ3) is 2.71. The predicted octanol–water partition coefficient (Wildman–Crippen LogP) is 2.39. The van der Waals surface area contributed by atoms with Crippen molar-refractivity contribution in [1.82, 2.24) is 29.6 Å². The van der Waals surface area contributed by atoms with Gasteiger partial charge in [0.25, 0.3) is 0 Å². The fourth-order valence-corrected chi connectivity index (χ4v) is 3.33. The SMILES string of the molecule is CC(C)c1nc2n(n1)C[C@H](NCc1nc3ccccc3n1C)CC2. The molecule has 0 bridgehead atoms. The van der Waals surface area contributed by atoms with E-state index in [0.29, 0.717) is 12.0 Å². The summed E-state index contributed by atoms with van der Waals surface area (Å²) in [6.07, 6.45) is 2.08. The van der Waals surface area contributed by atoms with Crippen LogP contribution in [-0.4, -0.2) is 30.4 Å². The van der Waals surface area contributed by atoms with Crippen molar-refractivity contribution in [1.29, 1.82) is 0 Å². The van der Waals surface area contributed by atoms with Crippen LogP contribution in [0.5, 0.6) is 0 Å². The maximum atomic E-state index is 4.73. The predicted molar refractivity (Wildman–Crippen MR) is 93.8 cm³/mol. The number of rotatable bonds is 4. The van der Waals surface area contributed by atoms with Crippen molar-refractivity contribution in [2.75, 3.05) is 0 Å². The quantitative estimate of drug-likeness (QED) is 0.800. The number of para-hydroxylation sites is 2. The molecule has 126 valence electrons. The molecule has 0 fully saturated rings. The summed E-state index contributed by atoms with van der Waals surface area (Å²) < 4.78 is 4.24. The molecule has 0 saturated carbocycles. The number of benzene rings is 1. The Hall–Kier alpha value is -2.21. The van der Waals surface area contributed by atoms with Gasteiger partial charge in [0.1, 0.15) is 11.6 Å². The molecular weight excluding hydrogens is 300 g/mol. The highest BCUT2D eigenvalue weighted by Crippen LogP contribution is 2.18. The lowest BCUT2D eigenvalue weighted by atomic mass is 10.1. The normalized spacial score (nSPS) is 17.6. The Bertz CT molecular complexity index is 860. The van der Waals surface area contributed by atoms with Crippen LogP contribution in [0.2, 0.25) is 0 Å². The molecule has 24 heavy (non-hydrogen) atoms. The molecule has 3 aromatic rings. The summed E-state index contributed by atoms with van der Waals surface area (Å²) in [6, 6.07) is 8.68. The average molecular weight is 324 g/mol. The molecule has 0 spiro atoms. The topological polar surface area (TPSA) is 60.6 Å². The van der Waals surface area contributed by atoms with E-state index in [9.17, 15) is 0 Å². The first kappa shape index (κ1) is 15.3. The Morgan fingerprint density at radius 3 is 2.88 bits per heavy atom. The minimum atomic E-state index is 0.384. The van der Waals surface area contributed by atoms with Gasteiger partial charge in [0.15, 0.2) is 5.82 Å². The Morgan fingerprint density at radius 2 is 2.08 bits per heavy atom. The molecule has 2 aromatic heterocycles. The molecule has 1 atom stereocenters. The second-order valence-corrected chi connectivity index (χ2v) is 6.92. The first-order valence-electron chi connectivity index (χ1n) is 8.69. The molecule has 0 unspecified atom stereocenters. The van der Waals surface area contributed by atoms with Crippen LogP contribution < -0.4 is 5.32 Å². The molecule has 1 aliphatic heterocycles. The largest absolute Gasteiger partial charge is 0.330 e. The minimum absolute atomic E-state index is 0.384. The van der Waals surface area contributed by atoms with E-state index in [4.69, 9.17) is 4.98 Å². The van der Waals surface area contributed by atoms with Gasteiger partial charge in [-0.05, 0) is 18.6 Å². The first-order valence-corrected chi connectivity index (χ1v) is 8.69. The van der Waals surface area contributed by atoms with Crippen LogP contribution in [-0.2, 0) is 26.6 Å². The summed E-state index contributed by atoms with van der Waals surface area (Å²) in [5.41, 5.74) is 2.23. The van der Waals surface area contributed by atoms with Gasteiger partial charge in [0.2, 0.25) is 0 Å². The van der Waals surface area contributed by atoms with E-state index in [1.165, 1.54) is 5.52 Å². The number of imidazole rings is 1. The van der Waals surface area contributed by atoms with E-state index in [2.05, 4.69) is 63.7 Å². The molecular formula is C18H24N6. The van der Waals surface area contributed by atoms with Crippen molar-refractivity contribution in [2.24, 2.45) is 7.05 Å². The van der Waals surface area contributed by atoms with Gasteiger partial charge in [0, 0.05) is 25.4 Å². The Morgan fingerprint density at radius 1 is 1.25 bits per heavy atom. The van der Waals surface area contributed by atoms with Crippen LogP contribution in [0.25, 0.3) is 11.0 Å². The second kappa shape index (κ2) is 6.02. The molecule has 3 heterocycles. The van der Waals surface area contributed by atoms with E-state index in [0.717, 1.165) is 48.9 Å².